The fourth-order valence-corrected chi connectivity index (χ4v) is 4.35. The third-order valence-corrected chi connectivity index (χ3v) is 6.00. The van der Waals surface area contributed by atoms with Gasteiger partial charge in [-0.25, -0.2) is 8.42 Å². The lowest BCUT2D eigenvalue weighted by atomic mass is 10.1. The molecule has 1 heterocycles. The van der Waals surface area contributed by atoms with Gasteiger partial charge in [0.1, 0.15) is 4.90 Å². The molecule has 1 aromatic rings. The third-order valence-electron chi connectivity index (χ3n) is 3.37. The van der Waals surface area contributed by atoms with Crippen LogP contribution in [0.4, 0.5) is 0 Å². The monoisotopic (exact) mass is 322 g/mol. The predicted octanol–water partition coefficient (Wildman–Crippen LogP) is 2.37. The van der Waals surface area contributed by atoms with Gasteiger partial charge in [-0.3, -0.25) is 0 Å². The quantitative estimate of drug-likeness (QED) is 0.929. The Morgan fingerprint density at radius 3 is 2.53 bits per heavy atom. The van der Waals surface area contributed by atoms with Gasteiger partial charge in [-0.2, -0.15) is 4.31 Å². The summed E-state index contributed by atoms with van der Waals surface area (Å²) in [5.74, 6) is 0. The molecule has 106 valence electrons. The van der Waals surface area contributed by atoms with Crippen molar-refractivity contribution >= 4 is 33.2 Å². The van der Waals surface area contributed by atoms with E-state index in [1.807, 2.05) is 0 Å². The van der Waals surface area contributed by atoms with Gasteiger partial charge in [-0.1, -0.05) is 23.2 Å². The molecule has 4 nitrogen and oxygen atoms in total. The van der Waals surface area contributed by atoms with E-state index < -0.39 is 10.0 Å². The molecule has 1 aromatic carbocycles. The molecule has 0 aliphatic carbocycles. The Balaban J connectivity index is 2.33. The topological polar surface area (TPSA) is 49.4 Å². The Hall–Kier alpha value is -0.330. The van der Waals surface area contributed by atoms with Crippen molar-refractivity contribution in [3.05, 3.63) is 28.2 Å². The highest BCUT2D eigenvalue weighted by Gasteiger charge is 2.30. The van der Waals surface area contributed by atoms with E-state index in [0.717, 1.165) is 25.9 Å². The molecule has 0 bridgehead atoms. The average molecular weight is 323 g/mol. The van der Waals surface area contributed by atoms with Crippen LogP contribution in [0, 0.1) is 0 Å². The molecule has 0 radical (unpaired) electrons. The van der Waals surface area contributed by atoms with Crippen LogP contribution in [0.2, 0.25) is 10.0 Å². The fourth-order valence-electron chi connectivity index (χ4n) is 2.20. The Morgan fingerprint density at radius 2 is 1.89 bits per heavy atom. The molecule has 1 N–H and O–H groups in total. The van der Waals surface area contributed by atoms with Crippen molar-refractivity contribution in [2.45, 2.75) is 23.8 Å². The second kappa shape index (κ2) is 5.97. The van der Waals surface area contributed by atoms with Gasteiger partial charge >= 0.3 is 0 Å². The van der Waals surface area contributed by atoms with E-state index in [9.17, 15) is 8.42 Å². The molecule has 1 aliphatic rings. The van der Waals surface area contributed by atoms with Crippen LogP contribution >= 0.6 is 23.2 Å². The second-order valence-electron chi connectivity index (χ2n) is 4.58. The minimum Gasteiger partial charge on any atom is -0.317 e. The molecule has 1 saturated heterocycles. The molecule has 1 aliphatic heterocycles. The van der Waals surface area contributed by atoms with Crippen molar-refractivity contribution < 1.29 is 8.42 Å². The van der Waals surface area contributed by atoms with Crippen LogP contribution in [0.15, 0.2) is 23.1 Å². The van der Waals surface area contributed by atoms with Gasteiger partial charge in [-0.05, 0) is 44.1 Å². The van der Waals surface area contributed by atoms with Crippen LogP contribution in [0.25, 0.3) is 0 Å². The van der Waals surface area contributed by atoms with Gasteiger partial charge < -0.3 is 5.32 Å². The third kappa shape index (κ3) is 3.23. The molecule has 19 heavy (non-hydrogen) atoms. The summed E-state index contributed by atoms with van der Waals surface area (Å²) in [5.41, 5.74) is 0. The summed E-state index contributed by atoms with van der Waals surface area (Å²) in [6, 6.07) is 4.48. The standard InChI is InChI=1S/C12H16Cl2N2O2S/c1-16(10-4-6-15-7-5-10)19(17,18)12-8-9(13)2-3-11(12)14/h2-3,8,10,15H,4-7H2,1H3. The number of piperidine rings is 1. The summed E-state index contributed by atoms with van der Waals surface area (Å²) in [6.45, 7) is 1.65. The summed E-state index contributed by atoms with van der Waals surface area (Å²) in [7, 11) is -2.00. The van der Waals surface area contributed by atoms with Crippen LogP contribution in [0.5, 0.6) is 0 Å². The van der Waals surface area contributed by atoms with E-state index in [2.05, 4.69) is 5.32 Å². The van der Waals surface area contributed by atoms with E-state index >= 15 is 0 Å². The van der Waals surface area contributed by atoms with Crippen molar-refractivity contribution in [2.75, 3.05) is 20.1 Å². The Bertz CT molecular complexity index is 557. The number of sulfonamides is 1. The summed E-state index contributed by atoms with van der Waals surface area (Å²) in [5, 5.41) is 3.77. The SMILES string of the molecule is CN(C1CCNCC1)S(=O)(=O)c1cc(Cl)ccc1Cl. The molecule has 7 heteroatoms. The first-order valence-corrected chi connectivity index (χ1v) is 8.26. The molecule has 0 aromatic heterocycles. The first-order valence-electron chi connectivity index (χ1n) is 6.07. The maximum atomic E-state index is 12.6. The van der Waals surface area contributed by atoms with E-state index in [-0.39, 0.29) is 16.0 Å². The highest BCUT2D eigenvalue weighted by Crippen LogP contribution is 2.29. The highest BCUT2D eigenvalue weighted by atomic mass is 35.5. The normalized spacial score (nSPS) is 17.9. The Labute approximate surface area is 123 Å². The van der Waals surface area contributed by atoms with Crippen LogP contribution in [0.3, 0.4) is 0 Å². The van der Waals surface area contributed by atoms with Crippen LogP contribution in [0.1, 0.15) is 12.8 Å². The van der Waals surface area contributed by atoms with Gasteiger partial charge in [0, 0.05) is 18.1 Å². The maximum absolute atomic E-state index is 12.6. The number of nitrogens with zero attached hydrogens (tertiary/aromatic N) is 1. The lowest BCUT2D eigenvalue weighted by molar-refractivity contribution is 0.296. The van der Waals surface area contributed by atoms with Crippen molar-refractivity contribution in [1.29, 1.82) is 0 Å². The lowest BCUT2D eigenvalue weighted by Gasteiger charge is -2.31. The number of nitrogens with one attached hydrogen (secondary N) is 1. The fraction of sp³-hybridized carbons (Fsp3) is 0.500. The average Bonchev–Trinajstić information content (AvgIpc) is 2.41. The summed E-state index contributed by atoms with van der Waals surface area (Å²) in [6.07, 6.45) is 1.60. The maximum Gasteiger partial charge on any atom is 0.244 e. The molecule has 0 saturated carbocycles. The number of rotatable bonds is 3. The van der Waals surface area contributed by atoms with E-state index in [0.29, 0.717) is 5.02 Å². The second-order valence-corrected chi connectivity index (χ2v) is 7.39. The smallest absolute Gasteiger partial charge is 0.244 e. The van der Waals surface area contributed by atoms with Crippen LogP contribution in [-0.2, 0) is 10.0 Å². The van der Waals surface area contributed by atoms with Gasteiger partial charge in [0.15, 0.2) is 0 Å². The molecule has 1 fully saturated rings. The van der Waals surface area contributed by atoms with E-state index in [1.165, 1.54) is 16.4 Å². The zero-order valence-corrected chi connectivity index (χ0v) is 12.9. The number of hydrogen-bond donors (Lipinski definition) is 1. The van der Waals surface area contributed by atoms with E-state index in [1.54, 1.807) is 13.1 Å². The van der Waals surface area contributed by atoms with Gasteiger partial charge in [0.25, 0.3) is 0 Å². The van der Waals surface area contributed by atoms with Crippen molar-refractivity contribution in [2.24, 2.45) is 0 Å². The summed E-state index contributed by atoms with van der Waals surface area (Å²) in [4.78, 5) is 0.0719. The van der Waals surface area contributed by atoms with Gasteiger partial charge in [-0.15, -0.1) is 0 Å². The van der Waals surface area contributed by atoms with Crippen LogP contribution < -0.4 is 5.32 Å². The number of halogens is 2. The van der Waals surface area contributed by atoms with Crippen LogP contribution in [-0.4, -0.2) is 38.9 Å². The zero-order valence-electron chi connectivity index (χ0n) is 10.6. The zero-order chi connectivity index (χ0) is 14.0. The van der Waals surface area contributed by atoms with Gasteiger partial charge in [0.2, 0.25) is 10.0 Å². The van der Waals surface area contributed by atoms with Crippen molar-refractivity contribution in [3.63, 3.8) is 0 Å². The number of benzene rings is 1. The summed E-state index contributed by atoms with van der Waals surface area (Å²) < 4.78 is 26.5. The van der Waals surface area contributed by atoms with Gasteiger partial charge in [0.05, 0.1) is 5.02 Å². The minimum atomic E-state index is -3.60. The van der Waals surface area contributed by atoms with Crippen molar-refractivity contribution in [3.8, 4) is 0 Å². The molecule has 0 spiro atoms. The Morgan fingerprint density at radius 1 is 1.26 bits per heavy atom. The van der Waals surface area contributed by atoms with Crippen molar-refractivity contribution in [1.82, 2.24) is 9.62 Å². The minimum absolute atomic E-state index is 0.00120. The summed E-state index contributed by atoms with van der Waals surface area (Å²) >= 11 is 11.8. The first-order chi connectivity index (χ1) is 8.93. The predicted molar refractivity (Wildman–Crippen MR) is 77.3 cm³/mol. The molecular weight excluding hydrogens is 307 g/mol. The molecule has 0 unspecified atom stereocenters. The lowest BCUT2D eigenvalue weighted by Crippen LogP contribution is -2.43. The molecule has 0 atom stereocenters. The highest BCUT2D eigenvalue weighted by molar-refractivity contribution is 7.89. The molecule has 0 amide bonds. The molecule has 2 rings (SSSR count). The van der Waals surface area contributed by atoms with E-state index in [4.69, 9.17) is 23.2 Å². The first kappa shape index (κ1) is 15.1. The number of hydrogen-bond acceptors (Lipinski definition) is 3. The molecular formula is C12H16Cl2N2O2S. The Kier molecular flexibility index (Phi) is 4.74. The largest absolute Gasteiger partial charge is 0.317 e.